The van der Waals surface area contributed by atoms with E-state index in [2.05, 4.69) is 5.32 Å². The zero-order valence-electron chi connectivity index (χ0n) is 12.6. The van der Waals surface area contributed by atoms with Gasteiger partial charge in [0.2, 0.25) is 5.91 Å². The zero-order valence-corrected chi connectivity index (χ0v) is 12.6. The number of hydrogen-bond donors (Lipinski definition) is 2. The number of aliphatic hydroxyl groups is 1. The molecule has 1 aromatic rings. The van der Waals surface area contributed by atoms with E-state index in [1.54, 1.807) is 13.2 Å². The van der Waals surface area contributed by atoms with Gasteiger partial charge in [-0.1, -0.05) is 24.5 Å². The van der Waals surface area contributed by atoms with Gasteiger partial charge in [-0.2, -0.15) is 0 Å². The van der Waals surface area contributed by atoms with Crippen LogP contribution in [0.5, 0.6) is 5.75 Å². The minimum atomic E-state index is -0.426. The normalized spacial score (nSPS) is 22.2. The van der Waals surface area contributed by atoms with Gasteiger partial charge in [-0.05, 0) is 38.0 Å². The number of aliphatic hydroxyl groups excluding tert-OH is 1. The van der Waals surface area contributed by atoms with Crippen molar-refractivity contribution in [1.82, 2.24) is 5.32 Å². The Hall–Kier alpha value is -1.81. The van der Waals surface area contributed by atoms with Crippen LogP contribution in [0.25, 0.3) is 6.08 Å². The first-order valence-electron chi connectivity index (χ1n) is 7.41. The molecule has 0 heterocycles. The Labute approximate surface area is 125 Å². The molecule has 2 N–H and O–H groups in total. The maximum absolute atomic E-state index is 12.0. The Morgan fingerprint density at radius 2 is 2.14 bits per heavy atom. The summed E-state index contributed by atoms with van der Waals surface area (Å²) in [6.45, 7) is 2.00. The average molecular weight is 289 g/mol. The first-order chi connectivity index (χ1) is 10.1. The second-order valence-corrected chi connectivity index (χ2v) is 5.55. The van der Waals surface area contributed by atoms with Crippen LogP contribution in [-0.4, -0.2) is 30.3 Å². The van der Waals surface area contributed by atoms with Crippen LogP contribution in [0.4, 0.5) is 0 Å². The molecule has 0 saturated heterocycles. The van der Waals surface area contributed by atoms with E-state index in [-0.39, 0.29) is 11.9 Å². The van der Waals surface area contributed by atoms with E-state index >= 15 is 0 Å². The molecule has 1 aromatic carbocycles. The molecule has 1 saturated carbocycles. The fourth-order valence-corrected chi connectivity index (χ4v) is 2.66. The molecule has 21 heavy (non-hydrogen) atoms. The van der Waals surface area contributed by atoms with E-state index in [0.29, 0.717) is 0 Å². The molecule has 0 spiro atoms. The summed E-state index contributed by atoms with van der Waals surface area (Å²) in [4.78, 5) is 12.0. The largest absolute Gasteiger partial charge is 0.496 e. The number of nitrogens with one attached hydrogen (secondary N) is 1. The lowest BCUT2D eigenvalue weighted by Crippen LogP contribution is -2.44. The number of ether oxygens (including phenoxy) is 1. The number of carbonyl (C=O) groups is 1. The Bertz CT molecular complexity index is 525. The first-order valence-corrected chi connectivity index (χ1v) is 7.41. The molecule has 2 rings (SSSR count). The third-order valence-electron chi connectivity index (χ3n) is 3.86. The van der Waals surface area contributed by atoms with Gasteiger partial charge in [0.05, 0.1) is 19.3 Å². The van der Waals surface area contributed by atoms with Crippen molar-refractivity contribution in [1.29, 1.82) is 0 Å². The summed E-state index contributed by atoms with van der Waals surface area (Å²) in [5.74, 6) is 0.562. The summed E-state index contributed by atoms with van der Waals surface area (Å²) in [5.41, 5.74) is 1.98. The lowest BCUT2D eigenvalue weighted by Gasteiger charge is -2.27. The molecule has 1 aliphatic carbocycles. The third-order valence-corrected chi connectivity index (χ3v) is 3.86. The summed E-state index contributed by atoms with van der Waals surface area (Å²) in [6, 6.07) is 5.69. The zero-order chi connectivity index (χ0) is 15.2. The van der Waals surface area contributed by atoms with Gasteiger partial charge in [-0.15, -0.1) is 0 Å². The number of rotatable bonds is 4. The molecule has 0 unspecified atom stereocenters. The minimum absolute atomic E-state index is 0.129. The molecular formula is C17H23NO3. The maximum Gasteiger partial charge on any atom is 0.244 e. The second kappa shape index (κ2) is 7.27. The van der Waals surface area contributed by atoms with Gasteiger partial charge in [-0.3, -0.25) is 4.79 Å². The number of methoxy groups -OCH3 is 1. The number of amides is 1. The highest BCUT2D eigenvalue weighted by Gasteiger charge is 2.23. The summed E-state index contributed by atoms with van der Waals surface area (Å²) < 4.78 is 5.28. The van der Waals surface area contributed by atoms with Gasteiger partial charge in [0.15, 0.2) is 0 Å². The second-order valence-electron chi connectivity index (χ2n) is 5.55. The minimum Gasteiger partial charge on any atom is -0.496 e. The Morgan fingerprint density at radius 3 is 2.86 bits per heavy atom. The quantitative estimate of drug-likeness (QED) is 0.837. The number of carbonyl (C=O) groups excluding carboxylic acids is 1. The van der Waals surface area contributed by atoms with Crippen LogP contribution < -0.4 is 10.1 Å². The highest BCUT2D eigenvalue weighted by molar-refractivity contribution is 5.92. The topological polar surface area (TPSA) is 58.6 Å². The van der Waals surface area contributed by atoms with Crippen molar-refractivity contribution in [3.63, 3.8) is 0 Å². The summed E-state index contributed by atoms with van der Waals surface area (Å²) in [6.07, 6.45) is 6.51. The van der Waals surface area contributed by atoms with Crippen LogP contribution >= 0.6 is 0 Å². The molecule has 0 bridgehead atoms. The standard InChI is InChI=1S/C17H23NO3/c1-12-7-9-16(21-2)13(11-12)8-10-17(20)18-14-5-3-4-6-15(14)19/h7-11,14-15,19H,3-6H2,1-2H3,(H,18,20)/b10-8+/t14-,15-/m1/s1. The fraction of sp³-hybridized carbons (Fsp3) is 0.471. The third kappa shape index (κ3) is 4.33. The molecule has 2 atom stereocenters. The van der Waals surface area contributed by atoms with Crippen LogP contribution in [-0.2, 0) is 4.79 Å². The van der Waals surface area contributed by atoms with Crippen molar-refractivity contribution >= 4 is 12.0 Å². The molecule has 1 aliphatic rings. The smallest absolute Gasteiger partial charge is 0.244 e. The molecule has 114 valence electrons. The first kappa shape index (κ1) is 15.6. The van der Waals surface area contributed by atoms with E-state index in [9.17, 15) is 9.90 Å². The SMILES string of the molecule is COc1ccc(C)cc1/C=C/C(=O)N[C@@H]1CCCC[C@H]1O. The molecule has 0 aliphatic heterocycles. The Kier molecular flexibility index (Phi) is 5.39. The average Bonchev–Trinajstić information content (AvgIpc) is 2.48. The van der Waals surface area contributed by atoms with Crippen molar-refractivity contribution in [3.8, 4) is 5.75 Å². The predicted octanol–water partition coefficient (Wildman–Crippen LogP) is 2.44. The van der Waals surface area contributed by atoms with Gasteiger partial charge in [0.25, 0.3) is 0 Å². The summed E-state index contributed by atoms with van der Waals surface area (Å²) in [7, 11) is 1.61. The number of benzene rings is 1. The van der Waals surface area contributed by atoms with Crippen molar-refractivity contribution in [2.75, 3.05) is 7.11 Å². The molecule has 1 fully saturated rings. The molecule has 4 nitrogen and oxygen atoms in total. The molecule has 1 amide bonds. The van der Waals surface area contributed by atoms with E-state index in [1.807, 2.05) is 25.1 Å². The van der Waals surface area contributed by atoms with Crippen molar-refractivity contribution in [2.24, 2.45) is 0 Å². The van der Waals surface area contributed by atoms with Gasteiger partial charge in [0.1, 0.15) is 5.75 Å². The maximum atomic E-state index is 12.0. The monoisotopic (exact) mass is 289 g/mol. The van der Waals surface area contributed by atoms with E-state index in [1.165, 1.54) is 6.08 Å². The van der Waals surface area contributed by atoms with Crippen molar-refractivity contribution < 1.29 is 14.6 Å². The lowest BCUT2D eigenvalue weighted by atomic mass is 9.92. The van der Waals surface area contributed by atoms with Crippen molar-refractivity contribution in [2.45, 2.75) is 44.8 Å². The Morgan fingerprint density at radius 1 is 1.38 bits per heavy atom. The van der Waals surface area contributed by atoms with Crippen LogP contribution in [0, 0.1) is 6.92 Å². The van der Waals surface area contributed by atoms with Gasteiger partial charge >= 0.3 is 0 Å². The van der Waals surface area contributed by atoms with Crippen LogP contribution in [0.3, 0.4) is 0 Å². The number of hydrogen-bond acceptors (Lipinski definition) is 3. The van der Waals surface area contributed by atoms with Gasteiger partial charge in [-0.25, -0.2) is 0 Å². The summed E-state index contributed by atoms with van der Waals surface area (Å²) >= 11 is 0. The van der Waals surface area contributed by atoms with Gasteiger partial charge < -0.3 is 15.2 Å². The van der Waals surface area contributed by atoms with Crippen molar-refractivity contribution in [3.05, 3.63) is 35.4 Å². The van der Waals surface area contributed by atoms with E-state index in [4.69, 9.17) is 4.74 Å². The number of aryl methyl sites for hydroxylation is 1. The van der Waals surface area contributed by atoms with E-state index < -0.39 is 6.10 Å². The molecule has 4 heteroatoms. The van der Waals surface area contributed by atoms with Crippen LogP contribution in [0.1, 0.15) is 36.8 Å². The fourth-order valence-electron chi connectivity index (χ4n) is 2.66. The summed E-state index contributed by atoms with van der Waals surface area (Å²) in [5, 5.41) is 12.7. The Balaban J connectivity index is 2.00. The molecule has 0 radical (unpaired) electrons. The lowest BCUT2D eigenvalue weighted by molar-refractivity contribution is -0.118. The highest BCUT2D eigenvalue weighted by Crippen LogP contribution is 2.21. The van der Waals surface area contributed by atoms with Crippen LogP contribution in [0.15, 0.2) is 24.3 Å². The predicted molar refractivity (Wildman–Crippen MR) is 83.2 cm³/mol. The van der Waals surface area contributed by atoms with Crippen LogP contribution in [0.2, 0.25) is 0 Å². The van der Waals surface area contributed by atoms with Gasteiger partial charge in [0, 0.05) is 11.6 Å². The highest BCUT2D eigenvalue weighted by atomic mass is 16.5. The van der Waals surface area contributed by atoms with E-state index in [0.717, 1.165) is 42.6 Å². The molecule has 0 aromatic heterocycles. The molecular weight excluding hydrogens is 266 g/mol.